The van der Waals surface area contributed by atoms with Crippen molar-refractivity contribution in [1.29, 1.82) is 0 Å². The van der Waals surface area contributed by atoms with Crippen LogP contribution in [0.2, 0.25) is 0 Å². The number of nitrogens with zero attached hydrogens (tertiary/aromatic N) is 3. The van der Waals surface area contributed by atoms with Crippen molar-refractivity contribution in [3.05, 3.63) is 71.3 Å². The molecule has 0 radical (unpaired) electrons. The highest BCUT2D eigenvalue weighted by Gasteiger charge is 2.42. The number of amides is 4. The van der Waals surface area contributed by atoms with Crippen LogP contribution in [0.4, 0.5) is 0 Å². The Balaban J connectivity index is 1.36. The van der Waals surface area contributed by atoms with Crippen molar-refractivity contribution in [3.63, 3.8) is 0 Å². The average molecular weight is 405 g/mol. The minimum atomic E-state index is -0.885. The highest BCUT2D eigenvalue weighted by atomic mass is 16.2. The molecule has 1 unspecified atom stereocenters. The SMILES string of the molecule is CC(C(=O)N1CCN(C(=O)Cc2ccccc2)CC1)N1C(=O)c2ccccc2C1=O. The van der Waals surface area contributed by atoms with E-state index in [0.29, 0.717) is 43.7 Å². The summed E-state index contributed by atoms with van der Waals surface area (Å²) in [6.45, 7) is 3.22. The first-order chi connectivity index (χ1) is 14.5. The van der Waals surface area contributed by atoms with Gasteiger partial charge in [0.25, 0.3) is 11.8 Å². The van der Waals surface area contributed by atoms with Crippen LogP contribution in [0.15, 0.2) is 54.6 Å². The monoisotopic (exact) mass is 405 g/mol. The first-order valence-corrected chi connectivity index (χ1v) is 10.0. The molecule has 4 amide bonds. The highest BCUT2D eigenvalue weighted by molar-refractivity contribution is 6.22. The minimum absolute atomic E-state index is 0.0293. The Morgan fingerprint density at radius 3 is 1.87 bits per heavy atom. The van der Waals surface area contributed by atoms with Crippen molar-refractivity contribution >= 4 is 23.6 Å². The van der Waals surface area contributed by atoms with Crippen LogP contribution in [0.25, 0.3) is 0 Å². The normalized spacial score (nSPS) is 17.2. The first kappa shape index (κ1) is 19.8. The Morgan fingerprint density at radius 2 is 1.30 bits per heavy atom. The van der Waals surface area contributed by atoms with Crippen LogP contribution in [0.5, 0.6) is 0 Å². The summed E-state index contributed by atoms with van der Waals surface area (Å²) in [5.74, 6) is -1.12. The Kier molecular flexibility index (Phi) is 5.35. The predicted molar refractivity (Wildman–Crippen MR) is 110 cm³/mol. The van der Waals surface area contributed by atoms with E-state index in [1.165, 1.54) is 0 Å². The van der Waals surface area contributed by atoms with Crippen LogP contribution in [-0.4, -0.2) is 70.5 Å². The highest BCUT2D eigenvalue weighted by Crippen LogP contribution is 2.25. The number of piperazine rings is 1. The largest absolute Gasteiger partial charge is 0.339 e. The first-order valence-electron chi connectivity index (χ1n) is 10.0. The third kappa shape index (κ3) is 3.58. The van der Waals surface area contributed by atoms with E-state index in [2.05, 4.69) is 0 Å². The van der Waals surface area contributed by atoms with Crippen LogP contribution >= 0.6 is 0 Å². The van der Waals surface area contributed by atoms with Gasteiger partial charge in [0.2, 0.25) is 11.8 Å². The smallest absolute Gasteiger partial charge is 0.262 e. The summed E-state index contributed by atoms with van der Waals surface area (Å²) in [6.07, 6.45) is 0.334. The Morgan fingerprint density at radius 1 is 0.800 bits per heavy atom. The summed E-state index contributed by atoms with van der Waals surface area (Å²) in [7, 11) is 0. The van der Waals surface area contributed by atoms with Crippen LogP contribution in [0.1, 0.15) is 33.2 Å². The van der Waals surface area contributed by atoms with Crippen molar-refractivity contribution in [3.8, 4) is 0 Å². The van der Waals surface area contributed by atoms with Gasteiger partial charge in [-0.05, 0) is 24.6 Å². The van der Waals surface area contributed by atoms with Gasteiger partial charge in [-0.15, -0.1) is 0 Å². The van der Waals surface area contributed by atoms with Gasteiger partial charge in [-0.25, -0.2) is 0 Å². The molecule has 7 heteroatoms. The lowest BCUT2D eigenvalue weighted by atomic mass is 10.1. The standard InChI is InChI=1S/C23H23N3O4/c1-16(26-22(29)18-9-5-6-10-19(18)23(26)30)21(28)25-13-11-24(12-14-25)20(27)15-17-7-3-2-4-8-17/h2-10,16H,11-15H2,1H3. The third-order valence-corrected chi connectivity index (χ3v) is 5.71. The lowest BCUT2D eigenvalue weighted by Gasteiger charge is -2.37. The van der Waals surface area contributed by atoms with Crippen LogP contribution in [-0.2, 0) is 16.0 Å². The molecule has 1 fully saturated rings. The molecule has 2 aromatic rings. The van der Waals surface area contributed by atoms with Gasteiger partial charge in [0.05, 0.1) is 17.5 Å². The number of rotatable bonds is 4. The maximum Gasteiger partial charge on any atom is 0.262 e. The van der Waals surface area contributed by atoms with Crippen molar-refractivity contribution in [2.45, 2.75) is 19.4 Å². The molecule has 7 nitrogen and oxygen atoms in total. The van der Waals surface area contributed by atoms with E-state index in [1.807, 2.05) is 30.3 Å². The molecule has 0 aliphatic carbocycles. The molecule has 2 aromatic carbocycles. The molecule has 2 aliphatic heterocycles. The van der Waals surface area contributed by atoms with E-state index >= 15 is 0 Å². The van der Waals surface area contributed by atoms with Gasteiger partial charge in [-0.3, -0.25) is 24.1 Å². The Bertz CT molecular complexity index is 962. The summed E-state index contributed by atoms with van der Waals surface area (Å²) in [5, 5.41) is 0. The molecule has 0 N–H and O–H groups in total. The van der Waals surface area contributed by atoms with Crippen molar-refractivity contribution in [1.82, 2.24) is 14.7 Å². The molecule has 30 heavy (non-hydrogen) atoms. The fourth-order valence-electron chi connectivity index (χ4n) is 3.99. The lowest BCUT2D eigenvalue weighted by Crippen LogP contribution is -2.56. The van der Waals surface area contributed by atoms with Crippen LogP contribution < -0.4 is 0 Å². The number of carbonyl (C=O) groups is 4. The number of imide groups is 1. The fourth-order valence-corrected chi connectivity index (χ4v) is 3.99. The van der Waals surface area contributed by atoms with Crippen molar-refractivity contribution in [2.24, 2.45) is 0 Å². The quantitative estimate of drug-likeness (QED) is 0.724. The molecule has 0 spiro atoms. The van der Waals surface area contributed by atoms with Gasteiger partial charge in [0, 0.05) is 26.2 Å². The van der Waals surface area contributed by atoms with Crippen LogP contribution in [0.3, 0.4) is 0 Å². The van der Waals surface area contributed by atoms with E-state index in [-0.39, 0.29) is 11.8 Å². The maximum absolute atomic E-state index is 13.0. The zero-order valence-corrected chi connectivity index (χ0v) is 16.8. The molecular formula is C23H23N3O4. The molecular weight excluding hydrogens is 382 g/mol. The van der Waals surface area contributed by atoms with Gasteiger partial charge in [0.1, 0.15) is 6.04 Å². The van der Waals surface area contributed by atoms with Crippen molar-refractivity contribution < 1.29 is 19.2 Å². The van der Waals surface area contributed by atoms with Crippen LogP contribution in [0, 0.1) is 0 Å². The molecule has 1 saturated heterocycles. The number of benzene rings is 2. The molecule has 0 saturated carbocycles. The molecule has 154 valence electrons. The summed E-state index contributed by atoms with van der Waals surface area (Å²) >= 11 is 0. The molecule has 4 rings (SSSR count). The van der Waals surface area contributed by atoms with Gasteiger partial charge >= 0.3 is 0 Å². The fraction of sp³-hybridized carbons (Fsp3) is 0.304. The number of fused-ring (bicyclic) bond motifs is 1. The second kappa shape index (κ2) is 8.10. The van der Waals surface area contributed by atoms with Crippen molar-refractivity contribution in [2.75, 3.05) is 26.2 Å². The van der Waals surface area contributed by atoms with E-state index in [0.717, 1.165) is 10.5 Å². The molecule has 2 aliphatic rings. The average Bonchev–Trinajstić information content (AvgIpc) is 3.04. The number of carbonyl (C=O) groups excluding carboxylic acids is 4. The summed E-state index contributed by atoms with van der Waals surface area (Å²) in [6, 6.07) is 15.3. The van der Waals surface area contributed by atoms with Gasteiger partial charge in [-0.2, -0.15) is 0 Å². The zero-order chi connectivity index (χ0) is 21.3. The number of hydrogen-bond acceptors (Lipinski definition) is 4. The predicted octanol–water partition coefficient (Wildman–Crippen LogP) is 1.58. The third-order valence-electron chi connectivity index (χ3n) is 5.71. The summed E-state index contributed by atoms with van der Waals surface area (Å²) in [5.41, 5.74) is 1.62. The van der Waals surface area contributed by atoms with E-state index < -0.39 is 17.9 Å². The minimum Gasteiger partial charge on any atom is -0.339 e. The molecule has 2 heterocycles. The zero-order valence-electron chi connectivity index (χ0n) is 16.8. The Hall–Kier alpha value is -3.48. The maximum atomic E-state index is 13.0. The second-order valence-electron chi connectivity index (χ2n) is 7.57. The topological polar surface area (TPSA) is 78.0 Å². The molecule has 0 bridgehead atoms. The van der Waals surface area contributed by atoms with E-state index in [4.69, 9.17) is 0 Å². The number of hydrogen-bond donors (Lipinski definition) is 0. The Labute approximate surface area is 174 Å². The molecule has 1 atom stereocenters. The van der Waals surface area contributed by atoms with Gasteiger partial charge < -0.3 is 9.80 Å². The lowest BCUT2D eigenvalue weighted by molar-refractivity contribution is -0.141. The van der Waals surface area contributed by atoms with Gasteiger partial charge in [-0.1, -0.05) is 42.5 Å². The summed E-state index contributed by atoms with van der Waals surface area (Å²) in [4.78, 5) is 55.2. The van der Waals surface area contributed by atoms with E-state index in [9.17, 15) is 19.2 Å². The van der Waals surface area contributed by atoms with Gasteiger partial charge in [0.15, 0.2) is 0 Å². The summed E-state index contributed by atoms with van der Waals surface area (Å²) < 4.78 is 0. The van der Waals surface area contributed by atoms with E-state index in [1.54, 1.807) is 41.0 Å². The second-order valence-corrected chi connectivity index (χ2v) is 7.57. The molecule has 0 aromatic heterocycles.